The largest absolute Gasteiger partial charge is 0.481 e. The third-order valence-electron chi connectivity index (χ3n) is 8.97. The van der Waals surface area contributed by atoms with Gasteiger partial charge in [-0.3, -0.25) is 4.79 Å². The van der Waals surface area contributed by atoms with Crippen LogP contribution in [-0.2, 0) is 11.3 Å². The molecular weight excluding hydrogens is 509 g/mol. The monoisotopic (exact) mass is 541 g/mol. The molecule has 3 aromatic rings. The Kier molecular flexibility index (Phi) is 6.37. The average molecular weight is 543 g/mol. The lowest BCUT2D eigenvalue weighted by Crippen LogP contribution is -2.58. The number of carboxylic acids is 1. The highest BCUT2D eigenvalue weighted by Gasteiger charge is 2.49. The van der Waals surface area contributed by atoms with Crippen molar-refractivity contribution in [2.75, 3.05) is 31.1 Å². The van der Waals surface area contributed by atoms with E-state index < -0.39 is 11.4 Å². The number of nitrogens with zero attached hydrogens (tertiary/aromatic N) is 5. The number of anilines is 1. The Balaban J connectivity index is 1.12. The molecule has 3 fully saturated rings. The van der Waals surface area contributed by atoms with Crippen molar-refractivity contribution in [3.05, 3.63) is 51.5 Å². The number of aromatic nitrogens is 3. The van der Waals surface area contributed by atoms with E-state index in [1.807, 2.05) is 23.7 Å². The zero-order chi connectivity index (χ0) is 25.9. The van der Waals surface area contributed by atoms with Gasteiger partial charge in [-0.25, -0.2) is 4.68 Å². The molecule has 0 amide bonds. The molecule has 37 heavy (non-hydrogen) atoms. The summed E-state index contributed by atoms with van der Waals surface area (Å²) in [7, 11) is 0. The zero-order valence-corrected chi connectivity index (χ0v) is 22.8. The minimum Gasteiger partial charge on any atom is -0.481 e. The summed E-state index contributed by atoms with van der Waals surface area (Å²) in [4.78, 5) is 16.6. The molecule has 3 aliphatic rings. The van der Waals surface area contributed by atoms with Gasteiger partial charge in [0.2, 0.25) is 0 Å². The van der Waals surface area contributed by atoms with Gasteiger partial charge in [0, 0.05) is 41.4 Å². The Labute approximate surface area is 227 Å². The number of carbonyl (C=O) groups is 1. The van der Waals surface area contributed by atoms with Crippen LogP contribution in [0.5, 0.6) is 0 Å². The Bertz CT molecular complexity index is 1350. The van der Waals surface area contributed by atoms with Gasteiger partial charge in [-0.15, -0.1) is 5.10 Å². The number of aryl methyl sites for hydroxylation is 1. The van der Waals surface area contributed by atoms with E-state index in [-0.39, 0.29) is 0 Å². The molecule has 0 bridgehead atoms. The molecule has 1 aliphatic carbocycles. The lowest BCUT2D eigenvalue weighted by molar-refractivity contribution is -0.158. The van der Waals surface area contributed by atoms with E-state index in [0.29, 0.717) is 34.5 Å². The van der Waals surface area contributed by atoms with Crippen molar-refractivity contribution in [3.63, 3.8) is 0 Å². The van der Waals surface area contributed by atoms with Gasteiger partial charge >= 0.3 is 5.97 Å². The lowest BCUT2D eigenvalue weighted by atomic mass is 9.65. The molecule has 1 saturated carbocycles. The summed E-state index contributed by atoms with van der Waals surface area (Å²) in [6.07, 6.45) is 4.06. The maximum atomic E-state index is 11.5. The third kappa shape index (κ3) is 4.59. The number of hydrogen-bond donors (Lipinski definition) is 1. The normalized spacial score (nSPS) is 26.8. The Morgan fingerprint density at radius 1 is 1.14 bits per heavy atom. The van der Waals surface area contributed by atoms with E-state index in [2.05, 4.69) is 39.2 Å². The van der Waals surface area contributed by atoms with Crippen LogP contribution in [0.1, 0.15) is 43.7 Å². The number of fused-ring (bicyclic) bond motifs is 1. The standard InChI is InChI=1S/C28H33Cl2N5O2/c1-17-8-22(10-25-26(17)31-32-35(25)16-19-5-6-21(29)9-24(19)30)34-14-20(15-34)18-4-3-7-33(13-18)23-11-28(2,12-23)27(36)37/h5-6,8-10,18,20,23H,3-4,7,11-16H2,1-2H3,(H,36,37)/t18-,23?,28?/m0/s1. The summed E-state index contributed by atoms with van der Waals surface area (Å²) >= 11 is 12.5. The second-order valence-corrected chi connectivity index (χ2v) is 12.4. The summed E-state index contributed by atoms with van der Waals surface area (Å²) in [6, 6.07) is 10.4. The Morgan fingerprint density at radius 2 is 1.92 bits per heavy atom. The third-order valence-corrected chi connectivity index (χ3v) is 9.55. The van der Waals surface area contributed by atoms with Crippen molar-refractivity contribution in [1.29, 1.82) is 0 Å². The summed E-state index contributed by atoms with van der Waals surface area (Å²) in [5.41, 5.74) is 4.71. The van der Waals surface area contributed by atoms with E-state index in [1.54, 1.807) is 6.07 Å². The van der Waals surface area contributed by atoms with Gasteiger partial charge < -0.3 is 14.9 Å². The van der Waals surface area contributed by atoms with Crippen molar-refractivity contribution in [2.45, 2.75) is 52.1 Å². The fourth-order valence-corrected chi connectivity index (χ4v) is 6.99. The number of carboxylic acid groups (broad SMARTS) is 1. The van der Waals surface area contributed by atoms with E-state index in [1.165, 1.54) is 18.5 Å². The molecule has 1 N–H and O–H groups in total. The minimum atomic E-state index is -0.646. The molecule has 2 aromatic carbocycles. The van der Waals surface area contributed by atoms with Gasteiger partial charge in [-0.05, 0) is 93.3 Å². The minimum absolute atomic E-state index is 0.437. The first-order valence-electron chi connectivity index (χ1n) is 13.2. The van der Waals surface area contributed by atoms with Crippen molar-refractivity contribution in [1.82, 2.24) is 19.9 Å². The molecule has 0 unspecified atom stereocenters. The fraction of sp³-hybridized carbons (Fsp3) is 0.536. The summed E-state index contributed by atoms with van der Waals surface area (Å²) in [5.74, 6) is 0.721. The number of likely N-dealkylation sites (tertiary alicyclic amines) is 1. The van der Waals surface area contributed by atoms with Crippen LogP contribution in [0, 0.1) is 24.2 Å². The number of aliphatic carboxylic acids is 1. The highest BCUT2D eigenvalue weighted by Crippen LogP contribution is 2.45. The van der Waals surface area contributed by atoms with E-state index >= 15 is 0 Å². The molecular formula is C28H33Cl2N5O2. The lowest BCUT2D eigenvalue weighted by Gasteiger charge is -2.52. The van der Waals surface area contributed by atoms with Gasteiger partial charge in [0.1, 0.15) is 5.52 Å². The molecule has 3 heterocycles. The average Bonchev–Trinajstić information content (AvgIpc) is 3.21. The van der Waals surface area contributed by atoms with Crippen LogP contribution in [0.3, 0.4) is 0 Å². The van der Waals surface area contributed by atoms with Crippen molar-refractivity contribution < 1.29 is 9.90 Å². The topological polar surface area (TPSA) is 74.5 Å². The van der Waals surface area contributed by atoms with Crippen LogP contribution in [0.2, 0.25) is 10.0 Å². The predicted octanol–water partition coefficient (Wildman–Crippen LogP) is 5.50. The molecule has 2 aliphatic heterocycles. The quantitative estimate of drug-likeness (QED) is 0.444. The second kappa shape index (κ2) is 9.44. The first kappa shape index (κ1) is 25.0. The van der Waals surface area contributed by atoms with Crippen LogP contribution in [-0.4, -0.2) is 63.2 Å². The SMILES string of the molecule is Cc1cc(N2CC([C@H]3CCCN(C4CC(C)(C(=O)O)C4)C3)C2)cc2c1nnn2Cc1ccc(Cl)cc1Cl. The van der Waals surface area contributed by atoms with Crippen molar-refractivity contribution in [2.24, 2.45) is 17.3 Å². The smallest absolute Gasteiger partial charge is 0.309 e. The van der Waals surface area contributed by atoms with Gasteiger partial charge in [0.15, 0.2) is 0 Å². The molecule has 1 aromatic heterocycles. The fourth-order valence-electron chi connectivity index (χ4n) is 6.52. The first-order chi connectivity index (χ1) is 17.7. The number of halogens is 2. The molecule has 0 spiro atoms. The van der Waals surface area contributed by atoms with Crippen LogP contribution >= 0.6 is 23.2 Å². The van der Waals surface area contributed by atoms with Gasteiger partial charge in [-0.1, -0.05) is 34.5 Å². The Morgan fingerprint density at radius 3 is 2.65 bits per heavy atom. The van der Waals surface area contributed by atoms with Crippen LogP contribution in [0.4, 0.5) is 5.69 Å². The molecule has 1 atom stereocenters. The van der Waals surface area contributed by atoms with Crippen molar-refractivity contribution in [3.8, 4) is 0 Å². The second-order valence-electron chi connectivity index (χ2n) is 11.6. The Hall–Kier alpha value is -2.35. The summed E-state index contributed by atoms with van der Waals surface area (Å²) in [6.45, 7) is 8.86. The first-order valence-corrected chi connectivity index (χ1v) is 14.0. The molecule has 196 valence electrons. The van der Waals surface area contributed by atoms with Gasteiger partial charge in [0.25, 0.3) is 0 Å². The van der Waals surface area contributed by atoms with Crippen molar-refractivity contribution >= 4 is 45.9 Å². The highest BCUT2D eigenvalue weighted by atomic mass is 35.5. The number of piperidine rings is 1. The van der Waals surface area contributed by atoms with Crippen LogP contribution < -0.4 is 4.90 Å². The van der Waals surface area contributed by atoms with E-state index in [0.717, 1.165) is 61.2 Å². The zero-order valence-electron chi connectivity index (χ0n) is 21.3. The van der Waals surface area contributed by atoms with E-state index in [9.17, 15) is 9.90 Å². The highest BCUT2D eigenvalue weighted by molar-refractivity contribution is 6.35. The molecule has 2 saturated heterocycles. The van der Waals surface area contributed by atoms with Gasteiger partial charge in [0.05, 0.1) is 17.5 Å². The number of benzene rings is 2. The molecule has 9 heteroatoms. The molecule has 6 rings (SSSR count). The number of hydrogen-bond acceptors (Lipinski definition) is 5. The summed E-state index contributed by atoms with van der Waals surface area (Å²) in [5, 5.41) is 19.6. The van der Waals surface area contributed by atoms with E-state index in [4.69, 9.17) is 23.2 Å². The van der Waals surface area contributed by atoms with Gasteiger partial charge in [-0.2, -0.15) is 0 Å². The molecule has 7 nitrogen and oxygen atoms in total. The molecule has 0 radical (unpaired) electrons. The maximum absolute atomic E-state index is 11.5. The number of rotatable bonds is 6. The van der Waals surface area contributed by atoms with Crippen LogP contribution in [0.15, 0.2) is 30.3 Å². The summed E-state index contributed by atoms with van der Waals surface area (Å²) < 4.78 is 1.92. The van der Waals surface area contributed by atoms with Crippen LogP contribution in [0.25, 0.3) is 11.0 Å². The maximum Gasteiger partial charge on any atom is 0.309 e. The predicted molar refractivity (Wildman–Crippen MR) is 147 cm³/mol.